The Bertz CT molecular complexity index is 409. The zero-order valence-corrected chi connectivity index (χ0v) is 13.8. The highest BCUT2D eigenvalue weighted by Gasteiger charge is 2.28. The first-order valence-electron chi connectivity index (χ1n) is 7.59. The zero-order chi connectivity index (χ0) is 14.4. The summed E-state index contributed by atoms with van der Waals surface area (Å²) in [6, 6.07) is 9.52. The van der Waals surface area contributed by atoms with E-state index >= 15 is 0 Å². The van der Waals surface area contributed by atoms with Gasteiger partial charge in [0.2, 0.25) is 0 Å². The van der Waals surface area contributed by atoms with Crippen molar-refractivity contribution in [3.63, 3.8) is 0 Å². The van der Waals surface area contributed by atoms with Crippen LogP contribution in [-0.4, -0.2) is 42.3 Å². The molecule has 4 heteroatoms. The minimum Gasteiger partial charge on any atom is -0.395 e. The molecule has 1 fully saturated rings. The van der Waals surface area contributed by atoms with Gasteiger partial charge in [0.15, 0.2) is 0 Å². The van der Waals surface area contributed by atoms with Gasteiger partial charge in [-0.25, -0.2) is 0 Å². The summed E-state index contributed by atoms with van der Waals surface area (Å²) in [4.78, 5) is 2.43. The molecular weight excluding hydrogens is 316 g/mol. The molecule has 20 heavy (non-hydrogen) atoms. The van der Waals surface area contributed by atoms with Crippen LogP contribution in [0.2, 0.25) is 0 Å². The Labute approximate surface area is 130 Å². The van der Waals surface area contributed by atoms with Gasteiger partial charge in [0.1, 0.15) is 0 Å². The number of nitrogens with one attached hydrogen (secondary N) is 1. The van der Waals surface area contributed by atoms with E-state index in [0.29, 0.717) is 12.1 Å². The first-order valence-corrected chi connectivity index (χ1v) is 8.38. The fraction of sp³-hybridized carbons (Fsp3) is 0.625. The highest BCUT2D eigenvalue weighted by Crippen LogP contribution is 2.29. The summed E-state index contributed by atoms with van der Waals surface area (Å²) < 4.78 is 1.17. The third-order valence-corrected chi connectivity index (χ3v) is 4.61. The Kier molecular flexibility index (Phi) is 6.49. The Hall–Kier alpha value is -0.420. The molecule has 1 aliphatic rings. The summed E-state index contributed by atoms with van der Waals surface area (Å²) in [6.07, 6.45) is 3.66. The Morgan fingerprint density at radius 1 is 1.35 bits per heavy atom. The van der Waals surface area contributed by atoms with Gasteiger partial charge >= 0.3 is 0 Å². The number of nitrogens with zero attached hydrogens (tertiary/aromatic N) is 1. The van der Waals surface area contributed by atoms with Crippen LogP contribution in [0.1, 0.15) is 37.8 Å². The maximum absolute atomic E-state index is 9.18. The molecule has 0 aliphatic heterocycles. The van der Waals surface area contributed by atoms with Crippen LogP contribution in [0, 0.1) is 0 Å². The lowest BCUT2D eigenvalue weighted by atomic mass is 10.0. The van der Waals surface area contributed by atoms with Crippen LogP contribution in [0.5, 0.6) is 0 Å². The molecule has 1 aliphatic carbocycles. The molecule has 2 rings (SSSR count). The maximum Gasteiger partial charge on any atom is 0.0558 e. The average Bonchev–Trinajstić information content (AvgIpc) is 3.27. The topological polar surface area (TPSA) is 35.5 Å². The molecule has 1 aromatic rings. The number of aliphatic hydroxyl groups excluding tert-OH is 1. The van der Waals surface area contributed by atoms with Gasteiger partial charge in [0.25, 0.3) is 0 Å². The largest absolute Gasteiger partial charge is 0.395 e. The first-order chi connectivity index (χ1) is 9.76. The predicted molar refractivity (Wildman–Crippen MR) is 86.9 cm³/mol. The summed E-state index contributed by atoms with van der Waals surface area (Å²) in [7, 11) is 0. The van der Waals surface area contributed by atoms with Crippen LogP contribution in [0.25, 0.3) is 0 Å². The van der Waals surface area contributed by atoms with Crippen LogP contribution in [0.15, 0.2) is 28.7 Å². The van der Waals surface area contributed by atoms with E-state index in [2.05, 4.69) is 57.3 Å². The lowest BCUT2D eigenvalue weighted by Crippen LogP contribution is -2.33. The summed E-state index contributed by atoms with van der Waals surface area (Å²) in [5.41, 5.74) is 1.33. The van der Waals surface area contributed by atoms with Crippen molar-refractivity contribution in [3.8, 4) is 0 Å². The molecule has 0 saturated heterocycles. The van der Waals surface area contributed by atoms with E-state index in [9.17, 15) is 5.11 Å². The molecule has 1 aromatic carbocycles. The van der Waals surface area contributed by atoms with Crippen LogP contribution in [-0.2, 0) is 0 Å². The number of hydrogen-bond acceptors (Lipinski definition) is 3. The predicted octanol–water partition coefficient (Wildman–Crippen LogP) is 2.95. The quantitative estimate of drug-likeness (QED) is 0.725. The second-order valence-corrected chi connectivity index (χ2v) is 6.27. The van der Waals surface area contributed by atoms with Crippen LogP contribution in [0.4, 0.5) is 0 Å². The van der Waals surface area contributed by atoms with Gasteiger partial charge < -0.3 is 10.4 Å². The van der Waals surface area contributed by atoms with E-state index < -0.39 is 0 Å². The van der Waals surface area contributed by atoms with Crippen molar-refractivity contribution in [2.24, 2.45) is 0 Å². The summed E-state index contributed by atoms with van der Waals surface area (Å²) in [5.74, 6) is 0. The minimum absolute atomic E-state index is 0.261. The average molecular weight is 341 g/mol. The third-order valence-electron chi connectivity index (χ3n) is 3.89. The van der Waals surface area contributed by atoms with Crippen LogP contribution in [0.3, 0.4) is 0 Å². The molecule has 0 radical (unpaired) electrons. The molecule has 0 bridgehead atoms. The highest BCUT2D eigenvalue weighted by molar-refractivity contribution is 9.10. The van der Waals surface area contributed by atoms with Crippen LogP contribution < -0.4 is 5.32 Å². The Balaban J connectivity index is 1.96. The summed E-state index contributed by atoms with van der Waals surface area (Å²) >= 11 is 3.65. The Morgan fingerprint density at radius 2 is 2.10 bits per heavy atom. The molecule has 1 saturated carbocycles. The smallest absolute Gasteiger partial charge is 0.0558 e. The molecule has 2 N–H and O–H groups in total. The van der Waals surface area contributed by atoms with Gasteiger partial charge in [-0.3, -0.25) is 4.90 Å². The maximum atomic E-state index is 9.18. The molecule has 3 nitrogen and oxygen atoms in total. The van der Waals surface area contributed by atoms with E-state index in [1.165, 1.54) is 22.9 Å². The second-order valence-electron chi connectivity index (χ2n) is 5.41. The lowest BCUT2D eigenvalue weighted by Gasteiger charge is -2.25. The molecule has 0 heterocycles. The van der Waals surface area contributed by atoms with E-state index in [4.69, 9.17) is 0 Å². The number of benzene rings is 1. The van der Waals surface area contributed by atoms with Gasteiger partial charge in [-0.05, 0) is 37.4 Å². The molecule has 112 valence electrons. The molecule has 0 aromatic heterocycles. The monoisotopic (exact) mass is 340 g/mol. The molecular formula is C16H25BrN2O. The fourth-order valence-corrected chi connectivity index (χ4v) is 3.27. The van der Waals surface area contributed by atoms with Crippen molar-refractivity contribution in [2.45, 2.75) is 38.3 Å². The van der Waals surface area contributed by atoms with Crippen LogP contribution >= 0.6 is 15.9 Å². The van der Waals surface area contributed by atoms with E-state index in [1.54, 1.807) is 0 Å². The standard InChI is InChI=1S/C16H25BrN2O/c1-2-18-16(14-5-3-4-6-15(14)17)9-10-19(11-12-20)13-7-8-13/h3-6,13,16,18,20H,2,7-12H2,1H3. The summed E-state index contributed by atoms with van der Waals surface area (Å²) in [6.45, 7) is 5.23. The number of hydrogen-bond donors (Lipinski definition) is 2. The van der Waals surface area contributed by atoms with Crippen molar-refractivity contribution in [2.75, 3.05) is 26.2 Å². The molecule has 1 unspecified atom stereocenters. The van der Waals surface area contributed by atoms with Crippen molar-refractivity contribution in [1.29, 1.82) is 0 Å². The molecule has 0 amide bonds. The van der Waals surface area contributed by atoms with E-state index in [1.807, 2.05) is 0 Å². The van der Waals surface area contributed by atoms with E-state index in [-0.39, 0.29) is 6.61 Å². The van der Waals surface area contributed by atoms with E-state index in [0.717, 1.165) is 26.1 Å². The normalized spacial score (nSPS) is 16.6. The summed E-state index contributed by atoms with van der Waals surface area (Å²) in [5, 5.41) is 12.8. The van der Waals surface area contributed by atoms with Gasteiger partial charge in [0.05, 0.1) is 6.61 Å². The molecule has 0 spiro atoms. The van der Waals surface area contributed by atoms with Crippen molar-refractivity contribution >= 4 is 15.9 Å². The second kappa shape index (κ2) is 8.13. The SMILES string of the molecule is CCNC(CCN(CCO)C1CC1)c1ccccc1Br. The minimum atomic E-state index is 0.261. The Morgan fingerprint density at radius 3 is 2.70 bits per heavy atom. The fourth-order valence-electron chi connectivity index (χ4n) is 2.71. The lowest BCUT2D eigenvalue weighted by molar-refractivity contribution is 0.182. The number of halogens is 1. The zero-order valence-electron chi connectivity index (χ0n) is 12.2. The molecule has 1 atom stereocenters. The first kappa shape index (κ1) is 16.0. The van der Waals surface area contributed by atoms with Crippen molar-refractivity contribution in [1.82, 2.24) is 10.2 Å². The third kappa shape index (κ3) is 4.55. The van der Waals surface area contributed by atoms with Crippen molar-refractivity contribution < 1.29 is 5.11 Å². The number of aliphatic hydroxyl groups is 1. The highest BCUT2D eigenvalue weighted by atomic mass is 79.9. The van der Waals surface area contributed by atoms with Gasteiger partial charge in [-0.2, -0.15) is 0 Å². The number of rotatable bonds is 9. The van der Waals surface area contributed by atoms with Gasteiger partial charge in [-0.1, -0.05) is 41.1 Å². The van der Waals surface area contributed by atoms with Gasteiger partial charge in [-0.15, -0.1) is 0 Å². The van der Waals surface area contributed by atoms with Gasteiger partial charge in [0, 0.05) is 29.6 Å². The van der Waals surface area contributed by atoms with Crippen molar-refractivity contribution in [3.05, 3.63) is 34.3 Å².